The number of benzene rings is 1. The number of aromatic nitrogens is 3. The zero-order valence-electron chi connectivity index (χ0n) is 10.3. The zero-order valence-corrected chi connectivity index (χ0v) is 11.1. The molecule has 2 rings (SSSR count). The van der Waals surface area contributed by atoms with E-state index in [4.69, 9.17) is 0 Å². The van der Waals surface area contributed by atoms with E-state index in [9.17, 15) is 9.18 Å². The number of nitrogens with one attached hydrogen (secondary N) is 2. The Balaban J connectivity index is 1.82. The van der Waals surface area contributed by atoms with E-state index in [-0.39, 0.29) is 11.7 Å². The summed E-state index contributed by atoms with van der Waals surface area (Å²) in [7, 11) is 0. The Hall–Kier alpha value is -1.89. The van der Waals surface area contributed by atoms with Crippen LogP contribution in [0.25, 0.3) is 0 Å². The van der Waals surface area contributed by atoms with E-state index in [1.807, 2.05) is 6.26 Å². The fourth-order valence-electron chi connectivity index (χ4n) is 1.50. The molecule has 0 saturated carbocycles. The number of hydrogen-bond acceptors (Lipinski definition) is 4. The normalized spacial score (nSPS) is 10.4. The first-order valence-electron chi connectivity index (χ1n) is 5.68. The van der Waals surface area contributed by atoms with Crippen molar-refractivity contribution in [2.24, 2.45) is 0 Å². The van der Waals surface area contributed by atoms with Gasteiger partial charge < -0.3 is 0 Å². The number of nitrogens with zero attached hydrogens (tertiary/aromatic N) is 2. The minimum atomic E-state index is -0.278. The molecule has 0 spiro atoms. The highest BCUT2D eigenvalue weighted by molar-refractivity contribution is 7.98. The lowest BCUT2D eigenvalue weighted by Crippen LogP contribution is -2.13. The van der Waals surface area contributed by atoms with Gasteiger partial charge in [-0.1, -0.05) is 23.9 Å². The fourth-order valence-corrected chi connectivity index (χ4v) is 1.82. The molecule has 2 N–H and O–H groups in total. The van der Waals surface area contributed by atoms with Crippen molar-refractivity contribution in [1.29, 1.82) is 0 Å². The second-order valence-corrected chi connectivity index (χ2v) is 4.62. The zero-order chi connectivity index (χ0) is 13.7. The monoisotopic (exact) mass is 280 g/mol. The summed E-state index contributed by atoms with van der Waals surface area (Å²) in [5, 5.41) is 9.72. The minimum absolute atomic E-state index is 0.159. The number of carbonyl (C=O) groups excluding carboxylic acids is 1. The molecule has 1 aromatic heterocycles. The number of thioether (sulfide) groups is 1. The lowest BCUT2D eigenvalue weighted by Gasteiger charge is -2.02. The smallest absolute Gasteiger partial charge is 0.227 e. The topological polar surface area (TPSA) is 70.7 Å². The van der Waals surface area contributed by atoms with Gasteiger partial charge in [0.15, 0.2) is 0 Å². The number of hydrogen-bond donors (Lipinski definition) is 2. The van der Waals surface area contributed by atoms with Crippen molar-refractivity contribution >= 4 is 23.6 Å². The third-order valence-corrected chi connectivity index (χ3v) is 3.01. The lowest BCUT2D eigenvalue weighted by atomic mass is 10.1. The van der Waals surface area contributed by atoms with E-state index in [1.54, 1.807) is 12.1 Å². The molecule has 1 aromatic carbocycles. The summed E-state index contributed by atoms with van der Waals surface area (Å²) in [5.74, 6) is -0.0963. The van der Waals surface area contributed by atoms with Crippen LogP contribution in [0.2, 0.25) is 0 Å². The standard InChI is InChI=1S/C12H13FN4OS/c1-19-12-15-11(16-17-12)14-10(18)7-4-8-2-5-9(13)6-3-8/h2-3,5-6H,4,7H2,1H3,(H2,14,15,16,17,18). The van der Waals surface area contributed by atoms with Gasteiger partial charge in [0.05, 0.1) is 0 Å². The molecule has 1 amide bonds. The summed E-state index contributed by atoms with van der Waals surface area (Å²) in [6, 6.07) is 6.11. The summed E-state index contributed by atoms with van der Waals surface area (Å²) in [6.07, 6.45) is 2.71. The van der Waals surface area contributed by atoms with Crippen LogP contribution in [-0.4, -0.2) is 27.3 Å². The summed E-state index contributed by atoms with van der Waals surface area (Å²) in [6.45, 7) is 0. The van der Waals surface area contributed by atoms with Crippen LogP contribution in [0, 0.1) is 5.82 Å². The maximum atomic E-state index is 12.7. The third-order valence-electron chi connectivity index (χ3n) is 2.46. The first-order valence-corrected chi connectivity index (χ1v) is 6.90. The van der Waals surface area contributed by atoms with E-state index >= 15 is 0 Å². The van der Waals surface area contributed by atoms with Gasteiger partial charge in [-0.05, 0) is 30.4 Å². The van der Waals surface area contributed by atoms with E-state index in [0.717, 1.165) is 5.56 Å². The molecule has 0 radical (unpaired) electrons. The number of carbonyl (C=O) groups is 1. The van der Waals surface area contributed by atoms with Gasteiger partial charge in [0, 0.05) is 6.42 Å². The maximum absolute atomic E-state index is 12.7. The van der Waals surface area contributed by atoms with Gasteiger partial charge in [0.2, 0.25) is 17.0 Å². The van der Waals surface area contributed by atoms with Crippen molar-refractivity contribution in [1.82, 2.24) is 15.2 Å². The first kappa shape index (κ1) is 13.5. The van der Waals surface area contributed by atoms with Crippen LogP contribution in [0.4, 0.5) is 10.3 Å². The number of halogens is 1. The van der Waals surface area contributed by atoms with Gasteiger partial charge >= 0.3 is 0 Å². The minimum Gasteiger partial charge on any atom is -0.295 e. The van der Waals surface area contributed by atoms with Crippen LogP contribution < -0.4 is 5.32 Å². The number of aromatic amines is 1. The first-order chi connectivity index (χ1) is 9.17. The van der Waals surface area contributed by atoms with Crippen LogP contribution in [0.3, 0.4) is 0 Å². The van der Waals surface area contributed by atoms with E-state index in [0.29, 0.717) is 23.9 Å². The van der Waals surface area contributed by atoms with Crippen LogP contribution in [-0.2, 0) is 11.2 Å². The van der Waals surface area contributed by atoms with Crippen LogP contribution >= 0.6 is 11.8 Å². The molecule has 19 heavy (non-hydrogen) atoms. The Labute approximate surface area is 114 Å². The van der Waals surface area contributed by atoms with Gasteiger partial charge in [0.1, 0.15) is 5.82 Å². The van der Waals surface area contributed by atoms with Crippen molar-refractivity contribution < 1.29 is 9.18 Å². The second kappa shape index (κ2) is 6.33. The summed E-state index contributed by atoms with van der Waals surface area (Å²) in [4.78, 5) is 15.7. The van der Waals surface area contributed by atoms with Gasteiger partial charge in [-0.3, -0.25) is 10.1 Å². The highest BCUT2D eigenvalue weighted by Crippen LogP contribution is 2.10. The number of aryl methyl sites for hydroxylation is 1. The van der Waals surface area contributed by atoms with Crippen LogP contribution in [0.15, 0.2) is 29.4 Å². The van der Waals surface area contributed by atoms with E-state index < -0.39 is 0 Å². The highest BCUT2D eigenvalue weighted by Gasteiger charge is 2.07. The Morgan fingerprint density at radius 2 is 2.16 bits per heavy atom. The molecule has 7 heteroatoms. The molecule has 0 aliphatic carbocycles. The molecule has 100 valence electrons. The van der Waals surface area contributed by atoms with Crippen molar-refractivity contribution in [3.05, 3.63) is 35.6 Å². The number of amides is 1. The summed E-state index contributed by atoms with van der Waals surface area (Å²) >= 11 is 1.39. The van der Waals surface area contributed by atoms with Gasteiger partial charge in [-0.15, -0.1) is 5.10 Å². The molecular weight excluding hydrogens is 267 g/mol. The molecule has 5 nitrogen and oxygen atoms in total. The van der Waals surface area contributed by atoms with Gasteiger partial charge in [-0.2, -0.15) is 4.98 Å². The van der Waals surface area contributed by atoms with Crippen LogP contribution in [0.5, 0.6) is 0 Å². The van der Waals surface area contributed by atoms with Crippen molar-refractivity contribution in [3.63, 3.8) is 0 Å². The van der Waals surface area contributed by atoms with E-state index in [1.165, 1.54) is 23.9 Å². The quantitative estimate of drug-likeness (QED) is 0.824. The Morgan fingerprint density at radius 1 is 1.42 bits per heavy atom. The van der Waals surface area contributed by atoms with Crippen molar-refractivity contribution in [2.75, 3.05) is 11.6 Å². The molecule has 1 heterocycles. The number of rotatable bonds is 5. The molecule has 0 saturated heterocycles. The molecule has 0 aliphatic heterocycles. The molecule has 0 aliphatic rings. The molecule has 0 atom stereocenters. The average Bonchev–Trinajstić information content (AvgIpc) is 2.86. The Bertz CT molecular complexity index is 555. The maximum Gasteiger partial charge on any atom is 0.227 e. The molecular formula is C12H13FN4OS. The predicted molar refractivity (Wildman–Crippen MR) is 71.5 cm³/mol. The molecule has 0 fully saturated rings. The van der Waals surface area contributed by atoms with Gasteiger partial charge in [-0.25, -0.2) is 9.49 Å². The van der Waals surface area contributed by atoms with Crippen molar-refractivity contribution in [3.8, 4) is 0 Å². The van der Waals surface area contributed by atoms with Gasteiger partial charge in [0.25, 0.3) is 0 Å². The molecule has 0 bridgehead atoms. The molecule has 0 unspecified atom stereocenters. The Morgan fingerprint density at radius 3 is 2.79 bits per heavy atom. The highest BCUT2D eigenvalue weighted by atomic mass is 32.2. The van der Waals surface area contributed by atoms with Crippen LogP contribution in [0.1, 0.15) is 12.0 Å². The van der Waals surface area contributed by atoms with E-state index in [2.05, 4.69) is 20.5 Å². The molecule has 2 aromatic rings. The third kappa shape index (κ3) is 4.06. The Kier molecular flexibility index (Phi) is 4.51. The number of H-pyrrole nitrogens is 1. The summed E-state index contributed by atoms with van der Waals surface area (Å²) in [5.41, 5.74) is 0.916. The number of anilines is 1. The second-order valence-electron chi connectivity index (χ2n) is 3.85. The summed E-state index contributed by atoms with van der Waals surface area (Å²) < 4.78 is 12.7. The lowest BCUT2D eigenvalue weighted by molar-refractivity contribution is -0.116. The fraction of sp³-hybridized carbons (Fsp3) is 0.250. The van der Waals surface area contributed by atoms with Crippen molar-refractivity contribution in [2.45, 2.75) is 18.0 Å². The SMILES string of the molecule is CSc1n[nH]c(NC(=O)CCc2ccc(F)cc2)n1. The largest absolute Gasteiger partial charge is 0.295 e. The predicted octanol–water partition coefficient (Wildman–Crippen LogP) is 2.24. The average molecular weight is 280 g/mol.